The number of rotatable bonds is 0. The molecule has 0 radical (unpaired) electrons. The van der Waals surface area contributed by atoms with Gasteiger partial charge in [-0.2, -0.15) is 0 Å². The van der Waals surface area contributed by atoms with Crippen LogP contribution in [0.2, 0.25) is 0 Å². The van der Waals surface area contributed by atoms with Crippen molar-refractivity contribution in [3.8, 4) is 0 Å². The maximum absolute atomic E-state index is 11.5. The first kappa shape index (κ1) is 8.03. The lowest BCUT2D eigenvalue weighted by molar-refractivity contribution is -0.114. The first-order valence-corrected chi connectivity index (χ1v) is 5.02. The summed E-state index contributed by atoms with van der Waals surface area (Å²) in [5.74, 6) is 1.65. The summed E-state index contributed by atoms with van der Waals surface area (Å²) in [4.78, 5) is 11.5. The number of carbonyl (C=O) groups is 1. The molecule has 0 saturated heterocycles. The molecule has 0 bridgehead atoms. The van der Waals surface area contributed by atoms with Crippen molar-refractivity contribution in [3.63, 3.8) is 0 Å². The average molecular weight is 164 g/mol. The highest BCUT2D eigenvalue weighted by atomic mass is 16.1. The third kappa shape index (κ3) is 1.21. The maximum Gasteiger partial charge on any atom is 0.159 e. The molecule has 2 aliphatic carbocycles. The maximum atomic E-state index is 11.5. The van der Waals surface area contributed by atoms with Crippen LogP contribution in [0.5, 0.6) is 0 Å². The summed E-state index contributed by atoms with van der Waals surface area (Å²) in [6.07, 6.45) is 7.96. The molecule has 0 aromatic rings. The van der Waals surface area contributed by atoms with E-state index < -0.39 is 0 Å². The highest BCUT2D eigenvalue weighted by Crippen LogP contribution is 2.39. The summed E-state index contributed by atoms with van der Waals surface area (Å²) >= 11 is 0. The molecule has 0 aromatic carbocycles. The van der Waals surface area contributed by atoms with Crippen molar-refractivity contribution in [2.24, 2.45) is 11.8 Å². The fraction of sp³-hybridized carbons (Fsp3) is 0.727. The molecule has 1 nitrogen and oxygen atoms in total. The van der Waals surface area contributed by atoms with E-state index in [1.807, 2.05) is 0 Å². The largest absolute Gasteiger partial charge is 0.295 e. The summed E-state index contributed by atoms with van der Waals surface area (Å²) in [5.41, 5.74) is 1.17. The van der Waals surface area contributed by atoms with Gasteiger partial charge >= 0.3 is 0 Å². The number of hydrogen-bond donors (Lipinski definition) is 0. The van der Waals surface area contributed by atoms with E-state index >= 15 is 0 Å². The van der Waals surface area contributed by atoms with Gasteiger partial charge in [-0.25, -0.2) is 0 Å². The Kier molecular flexibility index (Phi) is 2.03. The number of Topliss-reactive ketones (excluding diaryl/α,β-unsaturated/α-hetero) is 1. The van der Waals surface area contributed by atoms with Crippen LogP contribution in [0.3, 0.4) is 0 Å². The van der Waals surface area contributed by atoms with Crippen molar-refractivity contribution < 1.29 is 4.79 Å². The second kappa shape index (κ2) is 3.04. The van der Waals surface area contributed by atoms with Gasteiger partial charge in [0.15, 0.2) is 5.78 Å². The third-order valence-electron chi connectivity index (χ3n) is 3.25. The van der Waals surface area contributed by atoms with E-state index in [1.54, 1.807) is 0 Å². The van der Waals surface area contributed by atoms with Gasteiger partial charge in [0.05, 0.1) is 0 Å². The number of allylic oxidation sites excluding steroid dienone is 2. The molecule has 0 N–H and O–H groups in total. The summed E-state index contributed by atoms with van der Waals surface area (Å²) < 4.78 is 0. The summed E-state index contributed by atoms with van der Waals surface area (Å²) in [6, 6.07) is 0. The van der Waals surface area contributed by atoms with Crippen molar-refractivity contribution in [2.75, 3.05) is 0 Å². The molecular formula is C11H16O. The molecule has 2 rings (SSSR count). The van der Waals surface area contributed by atoms with Crippen LogP contribution in [-0.2, 0) is 4.79 Å². The van der Waals surface area contributed by atoms with E-state index in [2.05, 4.69) is 13.0 Å². The second-order valence-electron chi connectivity index (χ2n) is 4.16. The lowest BCUT2D eigenvalue weighted by atomic mass is 9.91. The Morgan fingerprint density at radius 3 is 3.08 bits per heavy atom. The monoisotopic (exact) mass is 164 g/mol. The quantitative estimate of drug-likeness (QED) is 0.538. The van der Waals surface area contributed by atoms with Crippen molar-refractivity contribution >= 4 is 5.78 Å². The number of ketones is 1. The van der Waals surface area contributed by atoms with Crippen molar-refractivity contribution in [3.05, 3.63) is 11.6 Å². The topological polar surface area (TPSA) is 17.1 Å². The first-order valence-electron chi connectivity index (χ1n) is 5.02. The van der Waals surface area contributed by atoms with Crippen LogP contribution in [0.25, 0.3) is 0 Å². The molecule has 1 heteroatoms. The van der Waals surface area contributed by atoms with Gasteiger partial charge in [0.1, 0.15) is 0 Å². The number of carbonyl (C=O) groups excluding carboxylic acids is 1. The van der Waals surface area contributed by atoms with Gasteiger partial charge in [-0.1, -0.05) is 19.4 Å². The van der Waals surface area contributed by atoms with Crippen molar-refractivity contribution in [1.29, 1.82) is 0 Å². The Balaban J connectivity index is 2.25. The third-order valence-corrected chi connectivity index (χ3v) is 3.25. The van der Waals surface area contributed by atoms with Gasteiger partial charge in [-0.3, -0.25) is 4.79 Å². The van der Waals surface area contributed by atoms with E-state index in [4.69, 9.17) is 0 Å². The predicted octanol–water partition coefficient (Wildman–Crippen LogP) is 2.71. The highest BCUT2D eigenvalue weighted by molar-refractivity contribution is 5.98. The molecule has 0 aliphatic heterocycles. The van der Waals surface area contributed by atoms with Crippen LogP contribution >= 0.6 is 0 Å². The Morgan fingerprint density at radius 1 is 1.42 bits per heavy atom. The standard InChI is InChI=1S/C11H16O/c1-8-7-11(12)10-6-4-2-3-5-9(8)10/h6,8-9H,2-5,7H2,1H3. The van der Waals surface area contributed by atoms with Gasteiger partial charge in [-0.05, 0) is 36.7 Å². The van der Waals surface area contributed by atoms with E-state index in [0.717, 1.165) is 12.8 Å². The molecule has 0 heterocycles. The molecule has 0 aromatic heterocycles. The van der Waals surface area contributed by atoms with E-state index in [1.165, 1.54) is 24.8 Å². The fourth-order valence-electron chi connectivity index (χ4n) is 2.54. The molecule has 66 valence electrons. The lowest BCUT2D eigenvalue weighted by Crippen LogP contribution is -2.04. The Hall–Kier alpha value is -0.590. The molecule has 1 fully saturated rings. The van der Waals surface area contributed by atoms with Gasteiger partial charge < -0.3 is 0 Å². The summed E-state index contributed by atoms with van der Waals surface area (Å²) in [5, 5.41) is 0. The molecule has 12 heavy (non-hydrogen) atoms. The van der Waals surface area contributed by atoms with Crippen LogP contribution < -0.4 is 0 Å². The second-order valence-corrected chi connectivity index (χ2v) is 4.16. The SMILES string of the molecule is CC1CC(=O)C2=CCCCCC21. The first-order chi connectivity index (χ1) is 5.79. The normalized spacial score (nSPS) is 35.8. The van der Waals surface area contributed by atoms with Crippen LogP contribution in [-0.4, -0.2) is 5.78 Å². The summed E-state index contributed by atoms with van der Waals surface area (Å²) in [6.45, 7) is 2.22. The van der Waals surface area contributed by atoms with Gasteiger partial charge in [0.2, 0.25) is 0 Å². The zero-order valence-electron chi connectivity index (χ0n) is 7.68. The van der Waals surface area contributed by atoms with Gasteiger partial charge in [-0.15, -0.1) is 0 Å². The smallest absolute Gasteiger partial charge is 0.159 e. The molecule has 2 unspecified atom stereocenters. The summed E-state index contributed by atoms with van der Waals surface area (Å²) in [7, 11) is 0. The number of fused-ring (bicyclic) bond motifs is 1. The molecule has 2 aliphatic rings. The van der Waals surface area contributed by atoms with E-state index in [0.29, 0.717) is 17.6 Å². The Labute approximate surface area is 73.8 Å². The van der Waals surface area contributed by atoms with Crippen LogP contribution in [0.1, 0.15) is 39.0 Å². The molecule has 0 amide bonds. The zero-order chi connectivity index (χ0) is 8.55. The van der Waals surface area contributed by atoms with Gasteiger partial charge in [0.25, 0.3) is 0 Å². The van der Waals surface area contributed by atoms with Crippen molar-refractivity contribution in [2.45, 2.75) is 39.0 Å². The minimum atomic E-state index is 0.425. The minimum Gasteiger partial charge on any atom is -0.295 e. The molecule has 2 atom stereocenters. The zero-order valence-corrected chi connectivity index (χ0v) is 7.68. The van der Waals surface area contributed by atoms with E-state index in [-0.39, 0.29) is 0 Å². The van der Waals surface area contributed by atoms with Crippen molar-refractivity contribution in [1.82, 2.24) is 0 Å². The number of hydrogen-bond acceptors (Lipinski definition) is 1. The Bertz CT molecular complexity index is 227. The van der Waals surface area contributed by atoms with E-state index in [9.17, 15) is 4.79 Å². The van der Waals surface area contributed by atoms with Crippen LogP contribution in [0.15, 0.2) is 11.6 Å². The lowest BCUT2D eigenvalue weighted by Gasteiger charge is -2.12. The molecule has 1 saturated carbocycles. The minimum absolute atomic E-state index is 0.425. The Morgan fingerprint density at radius 2 is 2.25 bits per heavy atom. The predicted molar refractivity (Wildman–Crippen MR) is 48.8 cm³/mol. The van der Waals surface area contributed by atoms with Crippen LogP contribution in [0, 0.1) is 11.8 Å². The average Bonchev–Trinajstić information content (AvgIpc) is 2.29. The molecular weight excluding hydrogens is 148 g/mol. The van der Waals surface area contributed by atoms with Gasteiger partial charge in [0, 0.05) is 6.42 Å². The van der Waals surface area contributed by atoms with Crippen LogP contribution in [0.4, 0.5) is 0 Å². The highest BCUT2D eigenvalue weighted by Gasteiger charge is 2.34. The molecule has 0 spiro atoms. The fourth-order valence-corrected chi connectivity index (χ4v) is 2.54.